The maximum Gasteiger partial charge on any atom is 0.324 e. The molecule has 2 aromatic rings. The highest BCUT2D eigenvalue weighted by Gasteiger charge is 2.42. The molecule has 7 nitrogen and oxygen atoms in total. The Bertz CT molecular complexity index is 1310. The number of benzene rings is 2. The fourth-order valence-corrected chi connectivity index (χ4v) is 5.40. The van der Waals surface area contributed by atoms with Gasteiger partial charge in [-0.15, -0.1) is 0 Å². The number of hydrogen-bond donors (Lipinski definition) is 1. The van der Waals surface area contributed by atoms with E-state index >= 15 is 0 Å². The van der Waals surface area contributed by atoms with Gasteiger partial charge in [0.2, 0.25) is 0 Å². The van der Waals surface area contributed by atoms with Crippen molar-refractivity contribution in [2.75, 3.05) is 40.3 Å². The number of halogens is 3. The number of nitrogens with one attached hydrogen (secondary N) is 1. The van der Waals surface area contributed by atoms with Gasteiger partial charge in [0, 0.05) is 57.8 Å². The number of piperidine rings is 1. The Hall–Kier alpha value is -3.84. The van der Waals surface area contributed by atoms with Crippen molar-refractivity contribution in [2.45, 2.75) is 37.8 Å². The van der Waals surface area contributed by atoms with Crippen LogP contribution in [0.2, 0.25) is 0 Å². The molecule has 0 radical (unpaired) electrons. The average molecular weight is 540 g/mol. The van der Waals surface area contributed by atoms with Crippen LogP contribution < -0.4 is 5.32 Å². The Kier molecular flexibility index (Phi) is 8.31. The van der Waals surface area contributed by atoms with Gasteiger partial charge in [0.15, 0.2) is 11.6 Å². The normalized spacial score (nSPS) is 19.7. The Balaban J connectivity index is 1.37. The van der Waals surface area contributed by atoms with Crippen LogP contribution in [0.4, 0.5) is 18.0 Å². The van der Waals surface area contributed by atoms with Crippen molar-refractivity contribution < 1.29 is 22.8 Å². The van der Waals surface area contributed by atoms with Crippen LogP contribution in [0.1, 0.15) is 43.4 Å². The van der Waals surface area contributed by atoms with Gasteiger partial charge >= 0.3 is 6.03 Å². The first-order valence-corrected chi connectivity index (χ1v) is 12.9. The van der Waals surface area contributed by atoms with Gasteiger partial charge in [0.25, 0.3) is 11.4 Å². The van der Waals surface area contributed by atoms with Crippen molar-refractivity contribution >= 4 is 11.9 Å². The third-order valence-electron chi connectivity index (χ3n) is 7.86. The molecule has 0 aromatic heterocycles. The van der Waals surface area contributed by atoms with Crippen LogP contribution in [0, 0.1) is 24.0 Å². The van der Waals surface area contributed by atoms with E-state index in [1.807, 2.05) is 0 Å². The third kappa shape index (κ3) is 5.64. The molecule has 0 aliphatic carbocycles. The number of likely N-dealkylation sites (tertiary alicyclic amines) is 1. The number of likely N-dealkylation sites (N-methyl/N-ethyl adjacent to an activating group) is 1. The summed E-state index contributed by atoms with van der Waals surface area (Å²) in [6.07, 6.45) is 1.95. The molecular weight excluding hydrogens is 507 g/mol. The molecule has 3 amide bonds. The second-order valence-electron chi connectivity index (χ2n) is 10.1. The number of urea groups is 1. The number of rotatable bonds is 7. The zero-order valence-electron chi connectivity index (χ0n) is 22.3. The summed E-state index contributed by atoms with van der Waals surface area (Å²) in [5, 5.41) is 2.92. The van der Waals surface area contributed by atoms with E-state index in [1.54, 1.807) is 26.1 Å². The van der Waals surface area contributed by atoms with Gasteiger partial charge in [-0.3, -0.25) is 4.79 Å². The van der Waals surface area contributed by atoms with Crippen LogP contribution in [-0.4, -0.2) is 66.9 Å². The van der Waals surface area contributed by atoms with Crippen LogP contribution in [0.15, 0.2) is 53.7 Å². The zero-order chi connectivity index (χ0) is 28.3. The van der Waals surface area contributed by atoms with Gasteiger partial charge in [-0.2, -0.15) is 0 Å². The van der Waals surface area contributed by atoms with E-state index < -0.39 is 23.2 Å². The average Bonchev–Trinajstić information content (AvgIpc) is 2.94. The minimum Gasteiger partial charge on any atom is -0.352 e. The molecule has 1 fully saturated rings. The molecule has 1 N–H and O–H groups in total. The van der Waals surface area contributed by atoms with Gasteiger partial charge in [-0.05, 0) is 61.9 Å². The first-order valence-electron chi connectivity index (χ1n) is 12.9. The molecule has 39 heavy (non-hydrogen) atoms. The summed E-state index contributed by atoms with van der Waals surface area (Å²) < 4.78 is 40.9. The summed E-state index contributed by atoms with van der Waals surface area (Å²) in [5.41, 5.74) is 1.24. The fourth-order valence-electron chi connectivity index (χ4n) is 5.40. The molecule has 1 saturated heterocycles. The number of carbonyl (C=O) groups excluding carboxylic acids is 2. The molecule has 1 unspecified atom stereocenters. The Morgan fingerprint density at radius 3 is 2.36 bits per heavy atom. The monoisotopic (exact) mass is 539 g/mol. The van der Waals surface area contributed by atoms with E-state index in [2.05, 4.69) is 15.1 Å². The lowest BCUT2D eigenvalue weighted by molar-refractivity contribution is -0.118. The van der Waals surface area contributed by atoms with Gasteiger partial charge < -0.3 is 24.9 Å². The summed E-state index contributed by atoms with van der Waals surface area (Å²) in [7, 11) is 3.09. The van der Waals surface area contributed by atoms with Crippen molar-refractivity contribution in [1.82, 2.24) is 20.0 Å². The lowest BCUT2D eigenvalue weighted by atomic mass is 9.81. The largest absolute Gasteiger partial charge is 0.352 e. The highest BCUT2D eigenvalue weighted by molar-refractivity contribution is 5.98. The molecule has 0 spiro atoms. The summed E-state index contributed by atoms with van der Waals surface area (Å²) in [6, 6.07) is 8.33. The third-order valence-corrected chi connectivity index (χ3v) is 7.86. The summed E-state index contributed by atoms with van der Waals surface area (Å²) in [6.45, 7) is 12.0. The van der Waals surface area contributed by atoms with E-state index in [4.69, 9.17) is 6.57 Å². The van der Waals surface area contributed by atoms with Gasteiger partial charge in [0.05, 0.1) is 11.6 Å². The highest BCUT2D eigenvalue weighted by atomic mass is 19.2. The topological polar surface area (TPSA) is 60.3 Å². The predicted molar refractivity (Wildman–Crippen MR) is 141 cm³/mol. The van der Waals surface area contributed by atoms with Gasteiger partial charge in [-0.1, -0.05) is 6.07 Å². The van der Waals surface area contributed by atoms with Crippen molar-refractivity contribution in [1.29, 1.82) is 0 Å². The maximum absolute atomic E-state index is 14.0. The van der Waals surface area contributed by atoms with E-state index in [1.165, 1.54) is 35.0 Å². The van der Waals surface area contributed by atoms with E-state index in [0.717, 1.165) is 24.2 Å². The van der Waals surface area contributed by atoms with Crippen LogP contribution in [0.25, 0.3) is 4.85 Å². The minimum absolute atomic E-state index is 0.296. The molecule has 2 heterocycles. The van der Waals surface area contributed by atoms with Crippen LogP contribution >= 0.6 is 0 Å². The van der Waals surface area contributed by atoms with Crippen LogP contribution in [-0.2, 0) is 10.3 Å². The minimum atomic E-state index is -1.05. The number of carbonyl (C=O) groups is 2. The van der Waals surface area contributed by atoms with Crippen LogP contribution in [0.5, 0.6) is 0 Å². The summed E-state index contributed by atoms with van der Waals surface area (Å²) in [4.78, 5) is 34.9. The molecule has 0 bridgehead atoms. The number of allylic oxidation sites excluding steroid dienone is 1. The molecule has 1 atom stereocenters. The van der Waals surface area contributed by atoms with Crippen molar-refractivity contribution in [3.05, 3.63) is 93.7 Å². The lowest BCUT2D eigenvalue weighted by Gasteiger charge is -2.40. The highest BCUT2D eigenvalue weighted by Crippen LogP contribution is 2.38. The number of hydrogen-bond acceptors (Lipinski definition) is 3. The van der Waals surface area contributed by atoms with Gasteiger partial charge in [0.1, 0.15) is 5.82 Å². The van der Waals surface area contributed by atoms with Crippen LogP contribution in [0.3, 0.4) is 0 Å². The lowest BCUT2D eigenvalue weighted by Crippen LogP contribution is -2.48. The zero-order valence-corrected chi connectivity index (χ0v) is 22.3. The van der Waals surface area contributed by atoms with Crippen molar-refractivity contribution in [3.63, 3.8) is 0 Å². The molecule has 206 valence electrons. The molecular formula is C29H32F3N5O2. The molecule has 0 saturated carbocycles. The van der Waals surface area contributed by atoms with E-state index in [9.17, 15) is 22.8 Å². The molecule has 2 aromatic carbocycles. The number of amides is 3. The molecule has 2 aliphatic rings. The Labute approximate surface area is 226 Å². The molecule has 10 heteroatoms. The first kappa shape index (κ1) is 28.2. The second kappa shape index (κ2) is 11.5. The van der Waals surface area contributed by atoms with Crippen molar-refractivity contribution in [2.24, 2.45) is 0 Å². The quantitative estimate of drug-likeness (QED) is 0.405. The SMILES string of the molecule is [C-]#[N+]C1(c2ccc(F)cc2)CCN(CCCNC(=O)C2=C(C)N(C)C(=O)N(C)C2c2ccc(F)c(F)c2)CC1. The second-order valence-corrected chi connectivity index (χ2v) is 10.1. The maximum atomic E-state index is 14.0. The predicted octanol–water partition coefficient (Wildman–Crippen LogP) is 4.83. The Morgan fingerprint density at radius 1 is 1.08 bits per heavy atom. The smallest absolute Gasteiger partial charge is 0.324 e. The molecule has 4 rings (SSSR count). The van der Waals surface area contributed by atoms with E-state index in [0.29, 0.717) is 55.7 Å². The Morgan fingerprint density at radius 2 is 1.74 bits per heavy atom. The first-order chi connectivity index (χ1) is 18.6. The fraction of sp³-hybridized carbons (Fsp3) is 0.414. The van der Waals surface area contributed by atoms with Gasteiger partial charge in [-0.25, -0.2) is 24.5 Å². The standard InChI is InChI=1S/C29H32F3N5O2/c1-19-25(26(36(4)28(39)35(19)3)20-6-11-23(31)24(32)18-20)27(38)34-14-5-15-37-16-12-29(33-2,13-17-37)21-7-9-22(30)10-8-21/h6-11,18,26H,5,12-17H2,1,3-4H3,(H,34,38). The molecule has 2 aliphatic heterocycles. The number of nitrogens with zero attached hydrogens (tertiary/aromatic N) is 4. The summed E-state index contributed by atoms with van der Waals surface area (Å²) >= 11 is 0. The van der Waals surface area contributed by atoms with E-state index in [-0.39, 0.29) is 17.8 Å². The van der Waals surface area contributed by atoms with Crippen molar-refractivity contribution in [3.8, 4) is 0 Å². The summed E-state index contributed by atoms with van der Waals surface area (Å²) in [5.74, 6) is -2.75.